The van der Waals surface area contributed by atoms with Crippen molar-refractivity contribution in [3.63, 3.8) is 0 Å². The van der Waals surface area contributed by atoms with Crippen LogP contribution in [0.3, 0.4) is 0 Å². The van der Waals surface area contributed by atoms with Crippen molar-refractivity contribution in [3.05, 3.63) is 23.8 Å². The summed E-state index contributed by atoms with van der Waals surface area (Å²) in [6.07, 6.45) is 14.3. The summed E-state index contributed by atoms with van der Waals surface area (Å²) in [6, 6.07) is 5.67. The third kappa shape index (κ3) is 9.12. The molecule has 0 heterocycles. The third-order valence-electron chi connectivity index (χ3n) is 4.86. The van der Waals surface area contributed by atoms with E-state index in [9.17, 15) is 9.90 Å². The van der Waals surface area contributed by atoms with E-state index >= 15 is 0 Å². The van der Waals surface area contributed by atoms with Crippen molar-refractivity contribution < 1.29 is 14.6 Å². The molecule has 26 heavy (non-hydrogen) atoms. The molecular weight excluding hydrogens is 326 g/mol. The highest BCUT2D eigenvalue weighted by molar-refractivity contribution is 5.76. The minimum atomic E-state index is -0.313. The maximum absolute atomic E-state index is 11.4. The highest BCUT2D eigenvalue weighted by Gasteiger charge is 2.12. The van der Waals surface area contributed by atoms with E-state index in [1.807, 2.05) is 12.1 Å². The minimum absolute atomic E-state index is 0.131. The van der Waals surface area contributed by atoms with Gasteiger partial charge in [-0.25, -0.2) is 0 Å². The number of benzene rings is 1. The number of ether oxygens (including phenoxy) is 1. The molecule has 0 saturated heterocycles. The fourth-order valence-corrected chi connectivity index (χ4v) is 3.19. The molecule has 0 radical (unpaired) electrons. The van der Waals surface area contributed by atoms with E-state index in [0.29, 0.717) is 5.69 Å². The van der Waals surface area contributed by atoms with Crippen LogP contribution in [0.15, 0.2) is 18.2 Å². The van der Waals surface area contributed by atoms with Gasteiger partial charge in [-0.2, -0.15) is 0 Å². The van der Waals surface area contributed by atoms with Crippen molar-refractivity contribution in [2.75, 3.05) is 25.6 Å². The van der Waals surface area contributed by atoms with Gasteiger partial charge >= 0.3 is 5.97 Å². The van der Waals surface area contributed by atoms with Crippen molar-refractivity contribution in [1.82, 2.24) is 0 Å². The number of hydrogen-bond acceptors (Lipinski definition) is 4. The second kappa shape index (κ2) is 13.5. The van der Waals surface area contributed by atoms with Crippen molar-refractivity contribution in [1.29, 1.82) is 0 Å². The topological polar surface area (TPSA) is 49.8 Å². The zero-order chi connectivity index (χ0) is 19.2. The predicted molar refractivity (Wildman–Crippen MR) is 109 cm³/mol. The van der Waals surface area contributed by atoms with Crippen LogP contribution in [-0.2, 0) is 16.0 Å². The monoisotopic (exact) mass is 363 g/mol. The lowest BCUT2D eigenvalue weighted by molar-refractivity contribution is -0.138. The number of rotatable bonds is 14. The number of hydrogen-bond donors (Lipinski definition) is 1. The third-order valence-corrected chi connectivity index (χ3v) is 4.86. The number of unbranched alkanes of at least 4 members (excludes halogenated alkanes) is 9. The largest absolute Gasteiger partial charge is 0.506 e. The van der Waals surface area contributed by atoms with E-state index in [0.717, 1.165) is 6.42 Å². The molecule has 0 spiro atoms. The van der Waals surface area contributed by atoms with E-state index < -0.39 is 0 Å². The molecule has 0 aliphatic rings. The molecule has 0 amide bonds. The molecule has 148 valence electrons. The highest BCUT2D eigenvalue weighted by Crippen LogP contribution is 2.28. The average molecular weight is 364 g/mol. The predicted octanol–water partition coefficient (Wildman–Crippen LogP) is 5.46. The maximum atomic E-state index is 11.4. The van der Waals surface area contributed by atoms with Gasteiger partial charge in [-0.05, 0) is 30.5 Å². The standard InChI is InChI=1S/C22H37NO3/c1-4-5-6-7-8-9-10-11-12-13-14-19-15-16-21(24)20(17-19)23(2)18-22(25)26-3/h15-17,24H,4-14,18H2,1-3H3. The molecule has 4 heteroatoms. The van der Waals surface area contributed by atoms with E-state index in [4.69, 9.17) is 0 Å². The molecule has 4 nitrogen and oxygen atoms in total. The van der Waals surface area contributed by atoms with Crippen LogP contribution in [0.2, 0.25) is 0 Å². The van der Waals surface area contributed by atoms with Crippen LogP contribution in [0, 0.1) is 0 Å². The lowest BCUT2D eigenvalue weighted by Gasteiger charge is -2.19. The first-order valence-corrected chi connectivity index (χ1v) is 10.2. The first-order valence-electron chi connectivity index (χ1n) is 10.2. The Hall–Kier alpha value is -1.71. The Labute approximate surface area is 159 Å². The van der Waals surface area contributed by atoms with Gasteiger partial charge in [0.25, 0.3) is 0 Å². The summed E-state index contributed by atoms with van der Waals surface area (Å²) >= 11 is 0. The van der Waals surface area contributed by atoms with Crippen LogP contribution in [0.1, 0.15) is 76.7 Å². The Morgan fingerprint density at radius 3 is 2.15 bits per heavy atom. The lowest BCUT2D eigenvalue weighted by Crippen LogP contribution is -2.26. The van der Waals surface area contributed by atoms with Gasteiger partial charge in [-0.1, -0.05) is 70.8 Å². The molecule has 0 aliphatic carbocycles. The van der Waals surface area contributed by atoms with Crippen molar-refractivity contribution in [2.24, 2.45) is 0 Å². The quantitative estimate of drug-likeness (QED) is 0.352. The second-order valence-corrected chi connectivity index (χ2v) is 7.19. The second-order valence-electron chi connectivity index (χ2n) is 7.19. The smallest absolute Gasteiger partial charge is 0.325 e. The summed E-state index contributed by atoms with van der Waals surface area (Å²) in [6.45, 7) is 2.39. The molecule has 1 rings (SSSR count). The number of phenolic OH excluding ortho intramolecular Hbond substituents is 1. The summed E-state index contributed by atoms with van der Waals surface area (Å²) < 4.78 is 4.69. The summed E-state index contributed by atoms with van der Waals surface area (Å²) in [7, 11) is 3.16. The molecule has 0 aliphatic heterocycles. The molecule has 0 fully saturated rings. The molecule has 0 aromatic heterocycles. The van der Waals surface area contributed by atoms with Gasteiger partial charge in [0.05, 0.1) is 12.8 Å². The zero-order valence-corrected chi connectivity index (χ0v) is 16.9. The number of likely N-dealkylation sites (N-methyl/N-ethyl adjacent to an activating group) is 1. The van der Waals surface area contributed by atoms with Crippen LogP contribution >= 0.6 is 0 Å². The van der Waals surface area contributed by atoms with Crippen molar-refractivity contribution in [2.45, 2.75) is 77.6 Å². The van der Waals surface area contributed by atoms with Crippen molar-refractivity contribution >= 4 is 11.7 Å². The van der Waals surface area contributed by atoms with Gasteiger partial charge in [-0.3, -0.25) is 4.79 Å². The van der Waals surface area contributed by atoms with E-state index in [1.54, 1.807) is 18.0 Å². The summed E-state index contributed by atoms with van der Waals surface area (Å²) in [4.78, 5) is 13.1. The van der Waals surface area contributed by atoms with Gasteiger partial charge in [-0.15, -0.1) is 0 Å². The van der Waals surface area contributed by atoms with Gasteiger partial charge in [0.15, 0.2) is 0 Å². The first kappa shape index (κ1) is 22.3. The van der Waals surface area contributed by atoms with Crippen LogP contribution in [-0.4, -0.2) is 31.8 Å². The van der Waals surface area contributed by atoms with E-state index in [-0.39, 0.29) is 18.3 Å². The van der Waals surface area contributed by atoms with Crippen molar-refractivity contribution in [3.8, 4) is 5.75 Å². The number of carbonyl (C=O) groups excluding carboxylic acids is 1. The zero-order valence-electron chi connectivity index (χ0n) is 16.9. The summed E-state index contributed by atoms with van der Waals surface area (Å²) in [5.41, 5.74) is 1.88. The molecule has 0 bridgehead atoms. The normalized spacial score (nSPS) is 10.7. The number of aromatic hydroxyl groups is 1. The van der Waals surface area contributed by atoms with Gasteiger partial charge < -0.3 is 14.7 Å². The van der Waals surface area contributed by atoms with Gasteiger partial charge in [0.1, 0.15) is 12.3 Å². The molecule has 0 unspecified atom stereocenters. The molecule has 1 aromatic carbocycles. The number of esters is 1. The number of methoxy groups -OCH3 is 1. The summed E-state index contributed by atoms with van der Waals surface area (Å²) in [5, 5.41) is 10.0. The molecular formula is C22H37NO3. The molecule has 1 aromatic rings. The van der Waals surface area contributed by atoms with Crippen LogP contribution in [0.25, 0.3) is 0 Å². The molecule has 0 atom stereocenters. The first-order chi connectivity index (χ1) is 12.6. The van der Waals surface area contributed by atoms with E-state index in [1.165, 1.54) is 76.9 Å². The maximum Gasteiger partial charge on any atom is 0.325 e. The number of aryl methyl sites for hydroxylation is 1. The Morgan fingerprint density at radius 2 is 1.58 bits per heavy atom. The number of anilines is 1. The van der Waals surface area contributed by atoms with Crippen LogP contribution in [0.4, 0.5) is 5.69 Å². The van der Waals surface area contributed by atoms with Gasteiger partial charge in [0, 0.05) is 7.05 Å². The fourth-order valence-electron chi connectivity index (χ4n) is 3.19. The van der Waals surface area contributed by atoms with Gasteiger partial charge in [0.2, 0.25) is 0 Å². The lowest BCUT2D eigenvalue weighted by atomic mass is 10.0. The number of phenols is 1. The SMILES string of the molecule is CCCCCCCCCCCCc1ccc(O)c(N(C)CC(=O)OC)c1. The number of carbonyl (C=O) groups is 1. The highest BCUT2D eigenvalue weighted by atomic mass is 16.5. The number of nitrogens with zero attached hydrogens (tertiary/aromatic N) is 1. The Kier molecular flexibility index (Phi) is 11.6. The average Bonchev–Trinajstić information content (AvgIpc) is 2.64. The van der Waals surface area contributed by atoms with Crippen LogP contribution in [0.5, 0.6) is 5.75 Å². The molecule has 0 saturated carbocycles. The summed E-state index contributed by atoms with van der Waals surface area (Å²) in [5.74, 6) is -0.116. The Bertz CT molecular complexity index is 516. The fraction of sp³-hybridized carbons (Fsp3) is 0.682. The van der Waals surface area contributed by atoms with Crippen LogP contribution < -0.4 is 4.90 Å². The van der Waals surface area contributed by atoms with E-state index in [2.05, 4.69) is 11.7 Å². The molecule has 1 N–H and O–H groups in total. The minimum Gasteiger partial charge on any atom is -0.506 e. The Morgan fingerprint density at radius 1 is 1.00 bits per heavy atom. The Balaban J connectivity index is 2.26.